The van der Waals surface area contributed by atoms with Crippen LogP contribution in [0.25, 0.3) is 0 Å². The van der Waals surface area contributed by atoms with Crippen LogP contribution in [0.1, 0.15) is 11.1 Å². The zero-order chi connectivity index (χ0) is 16.3. The number of sulfonamides is 1. The Bertz CT molecular complexity index is 833. The number of halogens is 1. The molecule has 2 aromatic rings. The molecule has 0 aromatic heterocycles. The Balaban J connectivity index is 1.56. The highest BCUT2D eigenvalue weighted by Crippen LogP contribution is 2.22. The molecule has 0 radical (unpaired) electrons. The summed E-state index contributed by atoms with van der Waals surface area (Å²) in [5.41, 5.74) is 1.62. The minimum Gasteiger partial charge on any atom is -0.375 e. The summed E-state index contributed by atoms with van der Waals surface area (Å²) in [6.07, 6.45) is 0. The maximum Gasteiger partial charge on any atom is 0.263 e. The van der Waals surface area contributed by atoms with Crippen LogP contribution in [0.2, 0.25) is 5.02 Å². The SMILES string of the molecule is O=S1(=O)NC(=NCCOCc2ccc(Cl)cc2)c2ccccc21. The van der Waals surface area contributed by atoms with Crippen molar-refractivity contribution in [2.24, 2.45) is 4.99 Å². The van der Waals surface area contributed by atoms with E-state index < -0.39 is 10.0 Å². The molecule has 0 bridgehead atoms. The lowest BCUT2D eigenvalue weighted by Crippen LogP contribution is -2.22. The molecule has 0 spiro atoms. The molecule has 0 aliphatic carbocycles. The van der Waals surface area contributed by atoms with Crippen LogP contribution in [0.4, 0.5) is 0 Å². The van der Waals surface area contributed by atoms with Gasteiger partial charge in [0.15, 0.2) is 0 Å². The summed E-state index contributed by atoms with van der Waals surface area (Å²) < 4.78 is 31.9. The van der Waals surface area contributed by atoms with E-state index in [1.807, 2.05) is 24.3 Å². The molecule has 0 saturated carbocycles. The van der Waals surface area contributed by atoms with Gasteiger partial charge in [-0.25, -0.2) is 8.42 Å². The summed E-state index contributed by atoms with van der Waals surface area (Å²) in [6.45, 7) is 1.24. The highest BCUT2D eigenvalue weighted by Gasteiger charge is 2.29. The quantitative estimate of drug-likeness (QED) is 0.843. The van der Waals surface area contributed by atoms with Crippen molar-refractivity contribution in [1.29, 1.82) is 0 Å². The second-order valence-electron chi connectivity index (χ2n) is 5.01. The van der Waals surface area contributed by atoms with Gasteiger partial charge < -0.3 is 4.74 Å². The first kappa shape index (κ1) is 16.0. The molecule has 1 aliphatic heterocycles. The molecule has 23 heavy (non-hydrogen) atoms. The predicted molar refractivity (Wildman–Crippen MR) is 89.3 cm³/mol. The molecule has 1 aliphatic rings. The number of benzene rings is 2. The first-order valence-electron chi connectivity index (χ1n) is 7.05. The molecule has 1 heterocycles. The van der Waals surface area contributed by atoms with Gasteiger partial charge in [0.25, 0.3) is 10.0 Å². The van der Waals surface area contributed by atoms with Crippen molar-refractivity contribution < 1.29 is 13.2 Å². The second kappa shape index (κ2) is 6.70. The number of hydrogen-bond donors (Lipinski definition) is 1. The number of hydrogen-bond acceptors (Lipinski definition) is 4. The second-order valence-corrected chi connectivity index (χ2v) is 7.10. The number of nitrogens with one attached hydrogen (secondary N) is 1. The molecule has 0 amide bonds. The van der Waals surface area contributed by atoms with Gasteiger partial charge in [-0.3, -0.25) is 9.71 Å². The van der Waals surface area contributed by atoms with E-state index in [0.717, 1.165) is 5.56 Å². The summed E-state index contributed by atoms with van der Waals surface area (Å²) in [7, 11) is -3.48. The van der Waals surface area contributed by atoms with Crippen molar-refractivity contribution in [3.63, 3.8) is 0 Å². The Kier molecular flexibility index (Phi) is 4.66. The summed E-state index contributed by atoms with van der Waals surface area (Å²) in [5.74, 6) is 0.371. The number of amidine groups is 1. The van der Waals surface area contributed by atoms with Crippen molar-refractivity contribution >= 4 is 27.5 Å². The van der Waals surface area contributed by atoms with E-state index >= 15 is 0 Å². The van der Waals surface area contributed by atoms with E-state index in [4.69, 9.17) is 16.3 Å². The lowest BCUT2D eigenvalue weighted by Gasteiger charge is -2.03. The number of nitrogens with zero attached hydrogens (tertiary/aromatic N) is 1. The van der Waals surface area contributed by atoms with Crippen LogP contribution >= 0.6 is 11.6 Å². The van der Waals surface area contributed by atoms with Gasteiger partial charge in [0, 0.05) is 10.6 Å². The first-order chi connectivity index (χ1) is 11.1. The molecule has 3 rings (SSSR count). The summed E-state index contributed by atoms with van der Waals surface area (Å²) in [4.78, 5) is 4.55. The summed E-state index contributed by atoms with van der Waals surface area (Å²) >= 11 is 5.82. The minimum absolute atomic E-state index is 0.265. The Hall–Kier alpha value is -1.89. The van der Waals surface area contributed by atoms with E-state index in [2.05, 4.69) is 9.71 Å². The Morgan fingerprint density at radius 3 is 2.61 bits per heavy atom. The predicted octanol–water partition coefficient (Wildman–Crippen LogP) is 2.60. The fourth-order valence-electron chi connectivity index (χ4n) is 2.24. The molecule has 0 saturated heterocycles. The number of fused-ring (bicyclic) bond motifs is 1. The van der Waals surface area contributed by atoms with E-state index in [1.54, 1.807) is 24.3 Å². The monoisotopic (exact) mass is 350 g/mol. The highest BCUT2D eigenvalue weighted by atomic mass is 35.5. The zero-order valence-corrected chi connectivity index (χ0v) is 13.8. The molecule has 120 valence electrons. The third kappa shape index (κ3) is 3.72. The molecule has 0 atom stereocenters. The maximum atomic E-state index is 11.9. The number of rotatable bonds is 5. The van der Waals surface area contributed by atoms with Crippen molar-refractivity contribution in [3.8, 4) is 0 Å². The molecule has 7 heteroatoms. The average molecular weight is 351 g/mol. The molecule has 1 N–H and O–H groups in total. The van der Waals surface area contributed by atoms with Crippen LogP contribution in [-0.4, -0.2) is 27.4 Å². The fourth-order valence-corrected chi connectivity index (χ4v) is 3.62. The van der Waals surface area contributed by atoms with Crippen LogP contribution in [0.3, 0.4) is 0 Å². The number of ether oxygens (including phenoxy) is 1. The topological polar surface area (TPSA) is 67.8 Å². The molecule has 0 fully saturated rings. The van der Waals surface area contributed by atoms with E-state index in [1.165, 1.54) is 0 Å². The van der Waals surface area contributed by atoms with E-state index in [0.29, 0.717) is 36.2 Å². The molecule has 2 aromatic carbocycles. The molecular formula is C16H15ClN2O3S. The van der Waals surface area contributed by atoms with Crippen molar-refractivity contribution in [2.75, 3.05) is 13.2 Å². The third-order valence-corrected chi connectivity index (χ3v) is 5.00. The van der Waals surface area contributed by atoms with E-state index in [9.17, 15) is 8.42 Å². The lowest BCUT2D eigenvalue weighted by atomic mass is 10.2. The summed E-state index contributed by atoms with van der Waals surface area (Å²) in [5, 5.41) is 0.687. The van der Waals surface area contributed by atoms with Crippen LogP contribution in [0.15, 0.2) is 58.4 Å². The van der Waals surface area contributed by atoms with Gasteiger partial charge in [-0.05, 0) is 29.8 Å². The van der Waals surface area contributed by atoms with Crippen molar-refractivity contribution in [3.05, 3.63) is 64.7 Å². The maximum absolute atomic E-state index is 11.9. The Morgan fingerprint density at radius 2 is 1.83 bits per heavy atom. The normalized spacial score (nSPS) is 17.0. The van der Waals surface area contributed by atoms with Crippen molar-refractivity contribution in [2.45, 2.75) is 11.5 Å². The average Bonchev–Trinajstić information content (AvgIpc) is 2.80. The molecular weight excluding hydrogens is 336 g/mol. The Morgan fingerprint density at radius 1 is 1.09 bits per heavy atom. The highest BCUT2D eigenvalue weighted by molar-refractivity contribution is 7.90. The van der Waals surface area contributed by atoms with Gasteiger partial charge in [0.05, 0.1) is 24.7 Å². The third-order valence-electron chi connectivity index (χ3n) is 3.35. The van der Waals surface area contributed by atoms with Gasteiger partial charge in [-0.1, -0.05) is 35.9 Å². The van der Waals surface area contributed by atoms with Crippen LogP contribution in [0, 0.1) is 0 Å². The smallest absolute Gasteiger partial charge is 0.263 e. The standard InChI is InChI=1S/C16H15ClN2O3S/c17-13-7-5-12(6-8-13)11-22-10-9-18-16-14-3-1-2-4-15(14)23(20,21)19-16/h1-8H,9-11H2,(H,18,19). The van der Waals surface area contributed by atoms with Crippen LogP contribution in [0.5, 0.6) is 0 Å². The van der Waals surface area contributed by atoms with Gasteiger partial charge in [-0.15, -0.1) is 0 Å². The lowest BCUT2D eigenvalue weighted by molar-refractivity contribution is 0.128. The van der Waals surface area contributed by atoms with Crippen LogP contribution < -0.4 is 4.72 Å². The Labute approximate surface area is 140 Å². The molecule has 5 nitrogen and oxygen atoms in total. The van der Waals surface area contributed by atoms with Crippen molar-refractivity contribution in [1.82, 2.24) is 4.72 Å². The van der Waals surface area contributed by atoms with Gasteiger partial charge in [0.1, 0.15) is 5.84 Å². The summed E-state index contributed by atoms with van der Waals surface area (Å²) in [6, 6.07) is 14.2. The largest absolute Gasteiger partial charge is 0.375 e. The minimum atomic E-state index is -3.48. The number of aliphatic imine (C=N–C) groups is 1. The van der Waals surface area contributed by atoms with E-state index in [-0.39, 0.29) is 4.90 Å². The van der Waals surface area contributed by atoms with Crippen LogP contribution in [-0.2, 0) is 21.4 Å². The fraction of sp³-hybridized carbons (Fsp3) is 0.188. The van der Waals surface area contributed by atoms with Gasteiger partial charge >= 0.3 is 0 Å². The van der Waals surface area contributed by atoms with Gasteiger partial charge in [0.2, 0.25) is 0 Å². The molecule has 0 unspecified atom stereocenters. The van der Waals surface area contributed by atoms with Gasteiger partial charge in [-0.2, -0.15) is 0 Å². The first-order valence-corrected chi connectivity index (χ1v) is 8.91. The zero-order valence-electron chi connectivity index (χ0n) is 12.2.